The van der Waals surface area contributed by atoms with Crippen molar-refractivity contribution < 1.29 is 4.79 Å². The van der Waals surface area contributed by atoms with E-state index in [1.165, 1.54) is 46.5 Å². The Morgan fingerprint density at radius 1 is 0.897 bits per heavy atom. The summed E-state index contributed by atoms with van der Waals surface area (Å²) >= 11 is 1.83. The average Bonchev–Trinajstić information content (AvgIpc) is 3.61. The van der Waals surface area contributed by atoms with Crippen molar-refractivity contribution in [3.63, 3.8) is 0 Å². The van der Waals surface area contributed by atoms with Crippen LogP contribution in [0.5, 0.6) is 0 Å². The van der Waals surface area contributed by atoms with Gasteiger partial charge in [0.15, 0.2) is 0 Å². The Morgan fingerprint density at radius 3 is 2.46 bits per heavy atom. The molecular weight excluding hydrogens is 496 g/mol. The quantitative estimate of drug-likeness (QED) is 0.245. The number of hydrogen-bond donors (Lipinski definition) is 2. The molecule has 0 spiro atoms. The van der Waals surface area contributed by atoms with Crippen LogP contribution in [0.25, 0.3) is 0 Å². The van der Waals surface area contributed by atoms with Gasteiger partial charge < -0.3 is 10.6 Å². The topological polar surface area (TPSA) is 41.1 Å². The maximum Gasteiger partial charge on any atom is 0.255 e. The number of carbonyl (C=O) groups excluding carboxylic acids is 1. The van der Waals surface area contributed by atoms with Crippen molar-refractivity contribution in [3.8, 4) is 0 Å². The number of rotatable bonds is 6. The standard InChI is InChI=1S/C35H34N2OS/c1-22-18-23(21-39-28-10-6-3-7-11-28)12-16-30(22)37-35(38)27-15-17-31-29(20-27)32-25-13-14-26(19-25)33(32)34(36-31)24-8-4-2-5-9-24/h2-12,15-18,20,25-26,32-34,36H,13-14,19,21H2,1H3,(H,37,38)/t25-,26-,32-,33-,34+/m0/s1. The van der Waals surface area contributed by atoms with E-state index in [2.05, 4.69) is 96.4 Å². The minimum Gasteiger partial charge on any atom is -0.378 e. The summed E-state index contributed by atoms with van der Waals surface area (Å²) in [7, 11) is 0. The molecule has 0 unspecified atom stereocenters. The van der Waals surface area contributed by atoms with Gasteiger partial charge in [0.1, 0.15) is 0 Å². The van der Waals surface area contributed by atoms with E-state index in [1.54, 1.807) is 0 Å². The Bertz CT molecular complexity index is 1500. The van der Waals surface area contributed by atoms with Crippen LogP contribution in [0.2, 0.25) is 0 Å². The highest BCUT2D eigenvalue weighted by Crippen LogP contribution is 2.63. The molecule has 4 heteroatoms. The molecule has 2 N–H and O–H groups in total. The van der Waals surface area contributed by atoms with E-state index in [0.29, 0.717) is 17.9 Å². The Kier molecular flexibility index (Phi) is 6.44. The Morgan fingerprint density at radius 2 is 1.67 bits per heavy atom. The monoisotopic (exact) mass is 530 g/mol. The van der Waals surface area contributed by atoms with E-state index < -0.39 is 0 Å². The molecule has 2 aliphatic carbocycles. The van der Waals surface area contributed by atoms with Crippen LogP contribution < -0.4 is 10.6 Å². The van der Waals surface area contributed by atoms with Crippen molar-refractivity contribution in [1.29, 1.82) is 0 Å². The fourth-order valence-corrected chi connectivity index (χ4v) is 8.31. The Labute approximate surface area is 235 Å². The third kappa shape index (κ3) is 4.65. The molecule has 2 saturated carbocycles. The summed E-state index contributed by atoms with van der Waals surface area (Å²) in [6, 6.07) is 34.4. The summed E-state index contributed by atoms with van der Waals surface area (Å²) in [6.45, 7) is 2.08. The Hall–Kier alpha value is -3.50. The normalized spacial score (nSPS) is 24.5. The van der Waals surface area contributed by atoms with Crippen molar-refractivity contribution in [2.24, 2.45) is 17.8 Å². The largest absolute Gasteiger partial charge is 0.378 e. The van der Waals surface area contributed by atoms with Crippen LogP contribution in [0, 0.1) is 24.7 Å². The number of hydrogen-bond acceptors (Lipinski definition) is 3. The van der Waals surface area contributed by atoms with Crippen molar-refractivity contribution in [2.45, 2.75) is 48.8 Å². The molecule has 0 aromatic heterocycles. The molecule has 0 saturated heterocycles. The van der Waals surface area contributed by atoms with Gasteiger partial charge in [-0.25, -0.2) is 0 Å². The van der Waals surface area contributed by atoms with Crippen LogP contribution in [-0.2, 0) is 5.75 Å². The molecule has 3 aliphatic rings. The molecular formula is C35H34N2OS. The highest BCUT2D eigenvalue weighted by atomic mass is 32.2. The lowest BCUT2D eigenvalue weighted by molar-refractivity contribution is 0.102. The van der Waals surface area contributed by atoms with Crippen LogP contribution in [0.15, 0.2) is 102 Å². The zero-order chi connectivity index (χ0) is 26.3. The van der Waals surface area contributed by atoms with E-state index in [4.69, 9.17) is 0 Å². The highest BCUT2D eigenvalue weighted by Gasteiger charge is 2.53. The van der Waals surface area contributed by atoms with Crippen molar-refractivity contribution in [1.82, 2.24) is 0 Å². The zero-order valence-corrected chi connectivity index (χ0v) is 23.1. The number of nitrogens with one attached hydrogen (secondary N) is 2. The first-order chi connectivity index (χ1) is 19.1. The van der Waals surface area contributed by atoms with Gasteiger partial charge in [0.2, 0.25) is 0 Å². The number of benzene rings is 4. The molecule has 0 radical (unpaired) electrons. The molecule has 7 rings (SSSR count). The predicted octanol–water partition coefficient (Wildman–Crippen LogP) is 8.84. The van der Waals surface area contributed by atoms with Gasteiger partial charge in [0.05, 0.1) is 6.04 Å². The molecule has 1 aliphatic heterocycles. The minimum atomic E-state index is -0.0304. The van der Waals surface area contributed by atoms with Crippen LogP contribution in [-0.4, -0.2) is 5.91 Å². The second kappa shape index (κ2) is 10.2. The number of amides is 1. The van der Waals surface area contributed by atoms with Gasteiger partial charge in [-0.2, -0.15) is 0 Å². The van der Waals surface area contributed by atoms with E-state index in [0.717, 1.165) is 34.4 Å². The van der Waals surface area contributed by atoms with Gasteiger partial charge in [0, 0.05) is 27.6 Å². The van der Waals surface area contributed by atoms with Crippen LogP contribution in [0.1, 0.15) is 63.8 Å². The molecule has 196 valence electrons. The maximum absolute atomic E-state index is 13.4. The summed E-state index contributed by atoms with van der Waals surface area (Å²) in [5, 5.41) is 7.09. The molecule has 2 fully saturated rings. The summed E-state index contributed by atoms with van der Waals surface area (Å²) in [6.07, 6.45) is 3.98. The van der Waals surface area contributed by atoms with Gasteiger partial charge in [-0.15, -0.1) is 11.8 Å². The smallest absolute Gasteiger partial charge is 0.255 e. The van der Waals surface area contributed by atoms with E-state index in [9.17, 15) is 4.79 Å². The van der Waals surface area contributed by atoms with Crippen LogP contribution >= 0.6 is 11.8 Å². The van der Waals surface area contributed by atoms with E-state index >= 15 is 0 Å². The molecule has 4 aromatic rings. The lowest BCUT2D eigenvalue weighted by Gasteiger charge is -2.43. The SMILES string of the molecule is Cc1cc(CSc2ccccc2)ccc1NC(=O)c1ccc2c(c1)[C@@H]1[C@H]3CC[C@@H](C3)[C@@H]1[C@@H](c1ccccc1)N2. The molecule has 3 nitrogen and oxygen atoms in total. The second-order valence-corrected chi connectivity index (χ2v) is 12.5. The van der Waals surface area contributed by atoms with Gasteiger partial charge in [0.25, 0.3) is 5.91 Å². The molecule has 39 heavy (non-hydrogen) atoms. The first-order valence-electron chi connectivity index (χ1n) is 14.2. The first-order valence-corrected chi connectivity index (χ1v) is 15.2. The molecule has 2 bridgehead atoms. The van der Waals surface area contributed by atoms with Crippen LogP contribution in [0.4, 0.5) is 11.4 Å². The third-order valence-corrected chi connectivity index (χ3v) is 10.3. The summed E-state index contributed by atoms with van der Waals surface area (Å²) in [5.41, 5.74) is 7.91. The van der Waals surface area contributed by atoms with Gasteiger partial charge >= 0.3 is 0 Å². The molecule has 1 heterocycles. The average molecular weight is 531 g/mol. The minimum absolute atomic E-state index is 0.0304. The second-order valence-electron chi connectivity index (χ2n) is 11.5. The summed E-state index contributed by atoms with van der Waals surface area (Å²) < 4.78 is 0. The number of fused-ring (bicyclic) bond motifs is 7. The zero-order valence-electron chi connectivity index (χ0n) is 22.3. The first kappa shape index (κ1) is 24.5. The predicted molar refractivity (Wildman–Crippen MR) is 161 cm³/mol. The van der Waals surface area contributed by atoms with Gasteiger partial charge in [-0.05, 0) is 109 Å². The van der Waals surface area contributed by atoms with Crippen molar-refractivity contribution >= 4 is 29.0 Å². The fourth-order valence-electron chi connectivity index (χ4n) is 7.45. The van der Waals surface area contributed by atoms with E-state index in [-0.39, 0.29) is 5.91 Å². The number of thioether (sulfide) groups is 1. The highest BCUT2D eigenvalue weighted by molar-refractivity contribution is 7.98. The number of carbonyl (C=O) groups is 1. The number of aryl methyl sites for hydroxylation is 1. The maximum atomic E-state index is 13.4. The lowest BCUT2D eigenvalue weighted by Crippen LogP contribution is -2.35. The fraction of sp³-hybridized carbons (Fsp3) is 0.286. The van der Waals surface area contributed by atoms with Crippen molar-refractivity contribution in [3.05, 3.63) is 125 Å². The summed E-state index contributed by atoms with van der Waals surface area (Å²) in [5.74, 6) is 3.50. The molecule has 1 amide bonds. The van der Waals surface area contributed by atoms with Crippen molar-refractivity contribution in [2.75, 3.05) is 10.6 Å². The van der Waals surface area contributed by atoms with Gasteiger partial charge in [-0.1, -0.05) is 60.7 Å². The van der Waals surface area contributed by atoms with Gasteiger partial charge in [-0.3, -0.25) is 4.79 Å². The lowest BCUT2D eigenvalue weighted by atomic mass is 9.68. The van der Waals surface area contributed by atoms with E-state index in [1.807, 2.05) is 30.0 Å². The summed E-state index contributed by atoms with van der Waals surface area (Å²) in [4.78, 5) is 14.7. The third-order valence-electron chi connectivity index (χ3n) is 9.20. The Balaban J connectivity index is 1.10. The van der Waals surface area contributed by atoms with Crippen LogP contribution in [0.3, 0.4) is 0 Å². The number of anilines is 2. The molecule has 4 aromatic carbocycles. The molecule has 5 atom stereocenters.